The molecule has 0 bridgehead atoms. The van der Waals surface area contributed by atoms with E-state index in [0.29, 0.717) is 6.04 Å². The molecule has 2 aromatic rings. The molecule has 21 heavy (non-hydrogen) atoms. The predicted octanol–water partition coefficient (Wildman–Crippen LogP) is 3.41. The van der Waals surface area contributed by atoms with Gasteiger partial charge in [-0.2, -0.15) is 0 Å². The van der Waals surface area contributed by atoms with Crippen molar-refractivity contribution in [3.8, 4) is 0 Å². The summed E-state index contributed by atoms with van der Waals surface area (Å²) >= 11 is 7.94. The van der Waals surface area contributed by atoms with Crippen molar-refractivity contribution < 1.29 is 4.74 Å². The van der Waals surface area contributed by atoms with Crippen LogP contribution in [0.15, 0.2) is 18.6 Å². The summed E-state index contributed by atoms with van der Waals surface area (Å²) in [6, 6.07) is 2.74. The van der Waals surface area contributed by atoms with Crippen LogP contribution in [0.4, 0.5) is 0 Å². The highest BCUT2D eigenvalue weighted by Gasteiger charge is 2.46. The van der Waals surface area contributed by atoms with Crippen molar-refractivity contribution in [3.05, 3.63) is 39.1 Å². The van der Waals surface area contributed by atoms with Crippen molar-refractivity contribution in [1.82, 2.24) is 15.3 Å². The van der Waals surface area contributed by atoms with Crippen LogP contribution in [0.3, 0.4) is 0 Å². The first-order valence-electron chi connectivity index (χ1n) is 7.33. The van der Waals surface area contributed by atoms with E-state index in [9.17, 15) is 0 Å². The Morgan fingerprint density at radius 3 is 3.19 bits per heavy atom. The molecule has 0 saturated carbocycles. The lowest BCUT2D eigenvalue weighted by molar-refractivity contribution is -0.0957. The van der Waals surface area contributed by atoms with Crippen LogP contribution in [0.25, 0.3) is 0 Å². The van der Waals surface area contributed by atoms with E-state index in [-0.39, 0.29) is 11.6 Å². The summed E-state index contributed by atoms with van der Waals surface area (Å²) in [7, 11) is 0. The van der Waals surface area contributed by atoms with Gasteiger partial charge in [-0.25, -0.2) is 4.98 Å². The summed E-state index contributed by atoms with van der Waals surface area (Å²) in [6.45, 7) is 3.00. The minimum absolute atomic E-state index is 0.203. The van der Waals surface area contributed by atoms with E-state index < -0.39 is 0 Å². The number of ether oxygens (including phenoxy) is 1. The number of H-pyrrole nitrogens is 1. The summed E-state index contributed by atoms with van der Waals surface area (Å²) in [5, 5.41) is 3.65. The van der Waals surface area contributed by atoms with E-state index in [1.807, 2.05) is 6.20 Å². The van der Waals surface area contributed by atoms with Gasteiger partial charge in [0.2, 0.25) is 0 Å². The molecule has 4 heterocycles. The molecular formula is C15H18ClN3OS. The smallest absolute Gasteiger partial charge is 0.106 e. The molecule has 6 heteroatoms. The fraction of sp³-hybridized carbons (Fsp3) is 0.533. The van der Waals surface area contributed by atoms with Gasteiger partial charge in [0.15, 0.2) is 0 Å². The van der Waals surface area contributed by atoms with Gasteiger partial charge in [-0.1, -0.05) is 11.6 Å². The molecule has 0 aromatic carbocycles. The molecular weight excluding hydrogens is 306 g/mol. The average molecular weight is 324 g/mol. The quantitative estimate of drug-likeness (QED) is 0.845. The molecule has 0 aliphatic carbocycles. The maximum atomic E-state index is 6.32. The minimum atomic E-state index is -0.203. The molecule has 2 aliphatic heterocycles. The number of rotatable bonds is 1. The summed E-state index contributed by atoms with van der Waals surface area (Å²) < 4.78 is 7.19. The Labute approximate surface area is 132 Å². The van der Waals surface area contributed by atoms with E-state index in [1.165, 1.54) is 10.4 Å². The molecule has 2 aliphatic rings. The van der Waals surface area contributed by atoms with Gasteiger partial charge in [0, 0.05) is 23.5 Å². The first-order valence-corrected chi connectivity index (χ1v) is 8.53. The highest BCUT2D eigenvalue weighted by atomic mass is 35.5. The van der Waals surface area contributed by atoms with Gasteiger partial charge in [-0.05, 0) is 31.4 Å². The van der Waals surface area contributed by atoms with E-state index in [4.69, 9.17) is 16.3 Å². The number of hydrogen-bond donors (Lipinski definition) is 2. The zero-order chi connectivity index (χ0) is 14.4. The molecule has 1 saturated heterocycles. The second kappa shape index (κ2) is 5.09. The summed E-state index contributed by atoms with van der Waals surface area (Å²) in [5.74, 6) is 0. The number of nitrogens with one attached hydrogen (secondary N) is 2. The zero-order valence-electron chi connectivity index (χ0n) is 11.9. The third-order valence-electron chi connectivity index (χ3n) is 4.49. The van der Waals surface area contributed by atoms with Gasteiger partial charge < -0.3 is 15.0 Å². The van der Waals surface area contributed by atoms with Gasteiger partial charge in [0.05, 0.1) is 29.0 Å². The average Bonchev–Trinajstić information content (AvgIpc) is 3.07. The van der Waals surface area contributed by atoms with E-state index in [0.717, 1.165) is 35.9 Å². The lowest BCUT2D eigenvalue weighted by Gasteiger charge is -2.45. The van der Waals surface area contributed by atoms with Crippen LogP contribution in [0.5, 0.6) is 0 Å². The van der Waals surface area contributed by atoms with Gasteiger partial charge in [-0.3, -0.25) is 0 Å². The summed E-state index contributed by atoms with van der Waals surface area (Å²) in [4.78, 5) is 8.71. The Morgan fingerprint density at radius 1 is 1.48 bits per heavy atom. The number of halogens is 1. The number of aromatic nitrogens is 2. The standard InChI is InChI=1S/C15H18ClN3OS/c1-9-5-15(6-11(19-9)12-7-17-8-18-12)14-10(2-3-20-15)4-13(16)21-14/h4,7-9,11,19H,2-3,5-6H2,1H3,(H,17,18). The zero-order valence-corrected chi connectivity index (χ0v) is 13.4. The van der Waals surface area contributed by atoms with Crippen molar-refractivity contribution in [1.29, 1.82) is 0 Å². The number of imidazole rings is 1. The maximum Gasteiger partial charge on any atom is 0.106 e. The second-order valence-corrected chi connectivity index (χ2v) is 7.72. The number of fused-ring (bicyclic) bond motifs is 2. The predicted molar refractivity (Wildman–Crippen MR) is 83.8 cm³/mol. The van der Waals surface area contributed by atoms with Crippen LogP contribution >= 0.6 is 22.9 Å². The third-order valence-corrected chi connectivity index (χ3v) is 5.98. The van der Waals surface area contributed by atoms with Crippen molar-refractivity contribution in [2.24, 2.45) is 0 Å². The molecule has 3 atom stereocenters. The Balaban J connectivity index is 1.73. The van der Waals surface area contributed by atoms with Gasteiger partial charge in [-0.15, -0.1) is 11.3 Å². The lowest BCUT2D eigenvalue weighted by atomic mass is 9.79. The Morgan fingerprint density at radius 2 is 2.38 bits per heavy atom. The van der Waals surface area contributed by atoms with Gasteiger partial charge >= 0.3 is 0 Å². The van der Waals surface area contributed by atoms with Crippen LogP contribution in [0.2, 0.25) is 4.34 Å². The molecule has 0 amide bonds. The highest BCUT2D eigenvalue weighted by Crippen LogP contribution is 2.49. The monoisotopic (exact) mass is 323 g/mol. The largest absolute Gasteiger partial charge is 0.369 e. The van der Waals surface area contributed by atoms with Crippen LogP contribution in [0.1, 0.15) is 41.9 Å². The molecule has 112 valence electrons. The molecule has 4 rings (SSSR count). The molecule has 1 fully saturated rings. The topological polar surface area (TPSA) is 49.9 Å². The van der Waals surface area contributed by atoms with Crippen molar-refractivity contribution in [2.45, 2.75) is 43.9 Å². The van der Waals surface area contributed by atoms with Crippen molar-refractivity contribution in [2.75, 3.05) is 6.61 Å². The normalized spacial score (nSPS) is 32.3. The Hall–Kier alpha value is -0.880. The maximum absolute atomic E-state index is 6.32. The van der Waals surface area contributed by atoms with Crippen molar-refractivity contribution in [3.63, 3.8) is 0 Å². The molecule has 0 radical (unpaired) electrons. The van der Waals surface area contributed by atoms with Crippen molar-refractivity contribution >= 4 is 22.9 Å². The Bertz CT molecular complexity index is 641. The van der Waals surface area contributed by atoms with Crippen LogP contribution in [-0.2, 0) is 16.8 Å². The molecule has 4 nitrogen and oxygen atoms in total. The fourth-order valence-electron chi connectivity index (χ4n) is 3.72. The number of aromatic amines is 1. The van der Waals surface area contributed by atoms with Crippen LogP contribution in [0, 0.1) is 0 Å². The first-order chi connectivity index (χ1) is 10.2. The van der Waals surface area contributed by atoms with Crippen LogP contribution in [-0.4, -0.2) is 22.6 Å². The SMILES string of the molecule is CC1CC2(CC(c3cnc[nH]3)N1)OCCc1cc(Cl)sc12. The van der Waals surface area contributed by atoms with E-state index in [1.54, 1.807) is 17.7 Å². The lowest BCUT2D eigenvalue weighted by Crippen LogP contribution is -2.49. The van der Waals surface area contributed by atoms with Gasteiger partial charge in [0.1, 0.15) is 5.60 Å². The molecule has 3 unspecified atom stereocenters. The molecule has 2 aromatic heterocycles. The summed E-state index contributed by atoms with van der Waals surface area (Å²) in [6.07, 6.45) is 6.51. The minimum Gasteiger partial charge on any atom is -0.369 e. The molecule has 1 spiro atoms. The van der Waals surface area contributed by atoms with E-state index in [2.05, 4.69) is 28.3 Å². The fourth-order valence-corrected chi connectivity index (χ4v) is 5.18. The highest BCUT2D eigenvalue weighted by molar-refractivity contribution is 7.16. The number of nitrogens with zero attached hydrogens (tertiary/aromatic N) is 1. The van der Waals surface area contributed by atoms with E-state index >= 15 is 0 Å². The number of hydrogen-bond acceptors (Lipinski definition) is 4. The van der Waals surface area contributed by atoms with Gasteiger partial charge in [0.25, 0.3) is 0 Å². The number of piperidine rings is 1. The first kappa shape index (κ1) is 13.8. The van der Waals surface area contributed by atoms with Crippen LogP contribution < -0.4 is 5.32 Å². The Kier molecular flexibility index (Phi) is 3.34. The third kappa shape index (κ3) is 2.32. The second-order valence-electron chi connectivity index (χ2n) is 6.03. The molecule has 2 N–H and O–H groups in total. The number of thiophene rings is 1. The summed E-state index contributed by atoms with van der Waals surface area (Å²) in [5.41, 5.74) is 2.29.